The van der Waals surface area contributed by atoms with Crippen molar-refractivity contribution >= 4 is 5.97 Å². The van der Waals surface area contributed by atoms with Crippen molar-refractivity contribution in [2.75, 3.05) is 20.3 Å². The predicted molar refractivity (Wildman–Crippen MR) is 67.3 cm³/mol. The van der Waals surface area contributed by atoms with Gasteiger partial charge in [0.1, 0.15) is 11.3 Å². The topological polar surface area (TPSA) is 62.9 Å². The molecule has 0 amide bonds. The fraction of sp³-hybridized carbons (Fsp3) is 0.615. The van der Waals surface area contributed by atoms with Crippen LogP contribution in [0.25, 0.3) is 0 Å². The van der Waals surface area contributed by atoms with Gasteiger partial charge in [0.25, 0.3) is 0 Å². The van der Waals surface area contributed by atoms with Gasteiger partial charge >= 0.3 is 5.97 Å². The van der Waals surface area contributed by atoms with E-state index in [2.05, 4.69) is 0 Å². The van der Waals surface area contributed by atoms with Crippen LogP contribution < -0.4 is 0 Å². The van der Waals surface area contributed by atoms with Crippen LogP contribution in [0.4, 0.5) is 0 Å². The summed E-state index contributed by atoms with van der Waals surface area (Å²) < 4.78 is 10.3. The number of ether oxygens (including phenoxy) is 1. The first kappa shape index (κ1) is 14.7. The van der Waals surface area contributed by atoms with Gasteiger partial charge in [-0.1, -0.05) is 0 Å². The van der Waals surface area contributed by atoms with E-state index >= 15 is 0 Å². The van der Waals surface area contributed by atoms with Crippen LogP contribution in [0.3, 0.4) is 0 Å². The highest BCUT2D eigenvalue weighted by atomic mass is 16.5. The number of likely N-dealkylation sites (N-methyl/N-ethyl adjacent to an activating group) is 1. The van der Waals surface area contributed by atoms with E-state index in [0.29, 0.717) is 24.5 Å². The van der Waals surface area contributed by atoms with Gasteiger partial charge < -0.3 is 14.3 Å². The van der Waals surface area contributed by atoms with Gasteiger partial charge in [0.2, 0.25) is 0 Å². The maximum atomic E-state index is 11.7. The molecule has 0 saturated carbocycles. The van der Waals surface area contributed by atoms with Crippen LogP contribution in [0.15, 0.2) is 16.7 Å². The summed E-state index contributed by atoms with van der Waals surface area (Å²) in [5.41, 5.74) is 0.0658. The Kier molecular flexibility index (Phi) is 4.93. The number of furan rings is 1. The van der Waals surface area contributed by atoms with Crippen LogP contribution in [0.2, 0.25) is 0 Å². The Hall–Kier alpha value is -1.33. The number of aliphatic hydroxyl groups is 1. The average Bonchev–Trinajstić information content (AvgIpc) is 2.77. The van der Waals surface area contributed by atoms with Gasteiger partial charge in [-0.2, -0.15) is 0 Å². The van der Waals surface area contributed by atoms with Gasteiger partial charge in [-0.25, -0.2) is 4.79 Å². The van der Waals surface area contributed by atoms with Crippen LogP contribution in [0.5, 0.6) is 0 Å². The second-order valence-electron chi connectivity index (χ2n) is 4.80. The van der Waals surface area contributed by atoms with E-state index in [-0.39, 0.29) is 18.1 Å². The Morgan fingerprint density at radius 3 is 2.78 bits per heavy atom. The molecule has 0 spiro atoms. The standard InChI is InChI=1S/C13H21NO4/c1-5-17-12(16)10-6-7-18-11(10)8-14(4)13(2,3)9-15/h6-7,15H,5,8-9H2,1-4H3. The van der Waals surface area contributed by atoms with E-state index < -0.39 is 0 Å². The van der Waals surface area contributed by atoms with E-state index in [0.717, 1.165) is 0 Å². The van der Waals surface area contributed by atoms with Crippen LogP contribution in [0, 0.1) is 0 Å². The normalized spacial score (nSPS) is 11.9. The molecule has 0 aliphatic heterocycles. The molecular weight excluding hydrogens is 234 g/mol. The number of carbonyl (C=O) groups is 1. The number of rotatable bonds is 6. The first-order valence-corrected chi connectivity index (χ1v) is 5.98. The van der Waals surface area contributed by atoms with Crippen molar-refractivity contribution in [3.8, 4) is 0 Å². The van der Waals surface area contributed by atoms with E-state index in [1.165, 1.54) is 6.26 Å². The molecular formula is C13H21NO4. The molecule has 1 rings (SSSR count). The van der Waals surface area contributed by atoms with Crippen molar-refractivity contribution in [1.29, 1.82) is 0 Å². The van der Waals surface area contributed by atoms with Gasteiger partial charge in [-0.05, 0) is 33.9 Å². The summed E-state index contributed by atoms with van der Waals surface area (Å²) >= 11 is 0. The lowest BCUT2D eigenvalue weighted by atomic mass is 10.0. The molecule has 1 aromatic rings. The van der Waals surface area contributed by atoms with Crippen molar-refractivity contribution in [1.82, 2.24) is 4.90 Å². The van der Waals surface area contributed by atoms with E-state index in [1.54, 1.807) is 13.0 Å². The lowest BCUT2D eigenvalue weighted by molar-refractivity contribution is 0.0509. The molecule has 0 aromatic carbocycles. The number of carbonyl (C=O) groups excluding carboxylic acids is 1. The molecule has 0 saturated heterocycles. The largest absolute Gasteiger partial charge is 0.467 e. The Balaban J connectivity index is 2.80. The Morgan fingerprint density at radius 1 is 1.56 bits per heavy atom. The molecule has 0 bridgehead atoms. The molecule has 0 atom stereocenters. The Bertz CT molecular complexity index is 397. The number of esters is 1. The van der Waals surface area contributed by atoms with Gasteiger partial charge in [0, 0.05) is 5.54 Å². The first-order chi connectivity index (χ1) is 8.42. The Morgan fingerprint density at radius 2 is 2.22 bits per heavy atom. The van der Waals surface area contributed by atoms with Gasteiger partial charge in [0.05, 0.1) is 26.0 Å². The number of nitrogens with zero attached hydrogens (tertiary/aromatic N) is 1. The first-order valence-electron chi connectivity index (χ1n) is 5.98. The number of hydrogen-bond acceptors (Lipinski definition) is 5. The van der Waals surface area contributed by atoms with Crippen molar-refractivity contribution in [2.45, 2.75) is 32.9 Å². The molecule has 0 aliphatic rings. The lowest BCUT2D eigenvalue weighted by Crippen LogP contribution is -2.43. The number of aliphatic hydroxyl groups excluding tert-OH is 1. The second-order valence-corrected chi connectivity index (χ2v) is 4.80. The number of hydrogen-bond donors (Lipinski definition) is 1. The SMILES string of the molecule is CCOC(=O)c1ccoc1CN(C)C(C)(C)CO. The minimum Gasteiger partial charge on any atom is -0.467 e. The third kappa shape index (κ3) is 3.34. The Labute approximate surface area is 107 Å². The van der Waals surface area contributed by atoms with Crippen LogP contribution in [0.1, 0.15) is 36.9 Å². The zero-order valence-electron chi connectivity index (χ0n) is 11.4. The minimum atomic E-state index is -0.378. The minimum absolute atomic E-state index is 0.0267. The second kappa shape index (κ2) is 6.02. The maximum Gasteiger partial charge on any atom is 0.341 e. The summed E-state index contributed by atoms with van der Waals surface area (Å²) in [6.07, 6.45) is 1.47. The molecule has 18 heavy (non-hydrogen) atoms. The van der Waals surface area contributed by atoms with E-state index in [1.807, 2.05) is 25.8 Å². The van der Waals surface area contributed by atoms with Gasteiger partial charge in [-0.15, -0.1) is 0 Å². The summed E-state index contributed by atoms with van der Waals surface area (Å²) in [5.74, 6) is 0.175. The zero-order chi connectivity index (χ0) is 13.8. The summed E-state index contributed by atoms with van der Waals surface area (Å²) in [5, 5.41) is 9.29. The molecule has 0 aliphatic carbocycles. The summed E-state index contributed by atoms with van der Waals surface area (Å²) in [6.45, 7) is 6.40. The van der Waals surface area contributed by atoms with Crippen molar-refractivity contribution in [2.24, 2.45) is 0 Å². The summed E-state index contributed by atoms with van der Waals surface area (Å²) in [6, 6.07) is 1.60. The summed E-state index contributed by atoms with van der Waals surface area (Å²) in [4.78, 5) is 13.6. The highest BCUT2D eigenvalue weighted by Crippen LogP contribution is 2.19. The quantitative estimate of drug-likeness (QED) is 0.783. The lowest BCUT2D eigenvalue weighted by Gasteiger charge is -2.33. The zero-order valence-corrected chi connectivity index (χ0v) is 11.4. The molecule has 0 unspecified atom stereocenters. The van der Waals surface area contributed by atoms with Crippen molar-refractivity contribution < 1.29 is 19.1 Å². The predicted octanol–water partition coefficient (Wildman–Crippen LogP) is 1.66. The molecule has 0 radical (unpaired) electrons. The molecule has 5 nitrogen and oxygen atoms in total. The fourth-order valence-corrected chi connectivity index (χ4v) is 1.40. The third-order valence-corrected chi connectivity index (χ3v) is 3.04. The molecule has 1 aromatic heterocycles. The van der Waals surface area contributed by atoms with Gasteiger partial charge in [-0.3, -0.25) is 4.90 Å². The van der Waals surface area contributed by atoms with Crippen LogP contribution >= 0.6 is 0 Å². The molecule has 1 N–H and O–H groups in total. The highest BCUT2D eigenvalue weighted by molar-refractivity contribution is 5.90. The fourth-order valence-electron chi connectivity index (χ4n) is 1.40. The molecule has 102 valence electrons. The maximum absolute atomic E-state index is 11.7. The van der Waals surface area contributed by atoms with Crippen LogP contribution in [-0.2, 0) is 11.3 Å². The third-order valence-electron chi connectivity index (χ3n) is 3.04. The molecule has 5 heteroatoms. The molecule has 1 heterocycles. The van der Waals surface area contributed by atoms with Crippen molar-refractivity contribution in [3.05, 3.63) is 23.7 Å². The van der Waals surface area contributed by atoms with Gasteiger partial charge in [0.15, 0.2) is 0 Å². The average molecular weight is 255 g/mol. The highest BCUT2D eigenvalue weighted by Gasteiger charge is 2.25. The molecule has 0 fully saturated rings. The summed E-state index contributed by atoms with van der Waals surface area (Å²) in [7, 11) is 1.87. The van der Waals surface area contributed by atoms with E-state index in [9.17, 15) is 9.90 Å². The van der Waals surface area contributed by atoms with E-state index in [4.69, 9.17) is 9.15 Å². The van der Waals surface area contributed by atoms with Crippen LogP contribution in [-0.4, -0.2) is 41.8 Å². The smallest absolute Gasteiger partial charge is 0.341 e. The van der Waals surface area contributed by atoms with Crippen molar-refractivity contribution in [3.63, 3.8) is 0 Å². The monoisotopic (exact) mass is 255 g/mol.